The van der Waals surface area contributed by atoms with Gasteiger partial charge in [0.2, 0.25) is 11.8 Å². The standard InChI is InChI=1S/C23H19NO3/c25-22-20-16-10-11-17(19-12-18(16)19)21(20)23(26)24(22)13-6-8-15(9-7-13)27-14-4-2-1-3-5-14/h1-11,16-21H,12H2/t16-,17-,18-,19-,20-,21+/m1/s1. The lowest BCUT2D eigenvalue weighted by molar-refractivity contribution is -0.124. The molecular weight excluding hydrogens is 338 g/mol. The minimum Gasteiger partial charge on any atom is -0.457 e. The van der Waals surface area contributed by atoms with Crippen molar-refractivity contribution >= 4 is 17.5 Å². The Hall–Kier alpha value is -2.88. The molecule has 6 atom stereocenters. The molecule has 2 aromatic rings. The molecule has 0 radical (unpaired) electrons. The lowest BCUT2D eigenvalue weighted by Gasteiger charge is -2.37. The van der Waals surface area contributed by atoms with Crippen LogP contribution in [0.3, 0.4) is 0 Å². The van der Waals surface area contributed by atoms with Crippen molar-refractivity contribution in [3.63, 3.8) is 0 Å². The number of ether oxygens (including phenoxy) is 1. The zero-order chi connectivity index (χ0) is 18.1. The van der Waals surface area contributed by atoms with Crippen molar-refractivity contribution in [1.29, 1.82) is 0 Å². The molecule has 4 aliphatic carbocycles. The van der Waals surface area contributed by atoms with Gasteiger partial charge in [0.1, 0.15) is 11.5 Å². The fourth-order valence-corrected chi connectivity index (χ4v) is 5.50. The Morgan fingerprint density at radius 2 is 1.30 bits per heavy atom. The lowest BCUT2D eigenvalue weighted by Crippen LogP contribution is -2.40. The third kappa shape index (κ3) is 2.10. The van der Waals surface area contributed by atoms with Crippen molar-refractivity contribution in [1.82, 2.24) is 0 Å². The van der Waals surface area contributed by atoms with Crippen LogP contribution < -0.4 is 9.64 Å². The van der Waals surface area contributed by atoms with Gasteiger partial charge in [0.25, 0.3) is 0 Å². The van der Waals surface area contributed by atoms with E-state index >= 15 is 0 Å². The smallest absolute Gasteiger partial charge is 0.238 e. The summed E-state index contributed by atoms with van der Waals surface area (Å²) in [5.41, 5.74) is 0.646. The molecule has 7 rings (SSSR count). The maximum Gasteiger partial charge on any atom is 0.238 e. The Morgan fingerprint density at radius 1 is 0.741 bits per heavy atom. The highest BCUT2D eigenvalue weighted by Crippen LogP contribution is 2.65. The van der Waals surface area contributed by atoms with Crippen molar-refractivity contribution in [2.24, 2.45) is 35.5 Å². The molecule has 5 aliphatic rings. The molecular formula is C23H19NO3. The minimum atomic E-state index is -0.156. The molecule has 0 spiro atoms. The molecule has 3 fully saturated rings. The van der Waals surface area contributed by atoms with Gasteiger partial charge in [-0.3, -0.25) is 14.5 Å². The first-order valence-corrected chi connectivity index (χ1v) is 9.61. The second kappa shape index (κ2) is 5.32. The molecule has 4 heteroatoms. The highest BCUT2D eigenvalue weighted by atomic mass is 16.5. The summed E-state index contributed by atoms with van der Waals surface area (Å²) in [6.45, 7) is 0. The van der Waals surface area contributed by atoms with Crippen LogP contribution in [0.5, 0.6) is 11.5 Å². The van der Waals surface area contributed by atoms with Crippen molar-refractivity contribution in [2.45, 2.75) is 6.42 Å². The topological polar surface area (TPSA) is 46.6 Å². The molecule has 134 valence electrons. The molecule has 2 saturated carbocycles. The van der Waals surface area contributed by atoms with Crippen LogP contribution in [-0.2, 0) is 9.59 Å². The van der Waals surface area contributed by atoms with Crippen molar-refractivity contribution in [3.05, 3.63) is 66.7 Å². The minimum absolute atomic E-state index is 0.0218. The van der Waals surface area contributed by atoms with Crippen LogP contribution in [0.4, 0.5) is 5.69 Å². The summed E-state index contributed by atoms with van der Waals surface area (Å²) in [7, 11) is 0. The fourth-order valence-electron chi connectivity index (χ4n) is 5.50. The van der Waals surface area contributed by atoms with Gasteiger partial charge < -0.3 is 4.74 Å². The van der Waals surface area contributed by atoms with Crippen molar-refractivity contribution in [3.8, 4) is 11.5 Å². The van der Waals surface area contributed by atoms with Gasteiger partial charge in [0.15, 0.2) is 0 Å². The molecule has 1 saturated heterocycles. The number of rotatable bonds is 3. The SMILES string of the molecule is O=C1[C@@H]2[C@@H]3C=C[C@H]([C@H]4C[C@H]34)[C@@H]2C(=O)N1c1ccc(Oc2ccccc2)cc1. The monoisotopic (exact) mass is 357 g/mol. The summed E-state index contributed by atoms with van der Waals surface area (Å²) >= 11 is 0. The number of para-hydroxylation sites is 1. The summed E-state index contributed by atoms with van der Waals surface area (Å²) in [5, 5.41) is 0. The van der Waals surface area contributed by atoms with Crippen LogP contribution in [0.15, 0.2) is 66.7 Å². The normalized spacial score (nSPS) is 35.2. The van der Waals surface area contributed by atoms with E-state index in [9.17, 15) is 9.59 Å². The number of nitrogens with zero attached hydrogens (tertiary/aromatic N) is 1. The van der Waals surface area contributed by atoms with E-state index in [0.717, 1.165) is 5.75 Å². The third-order valence-corrected chi connectivity index (χ3v) is 6.74. The fraction of sp³-hybridized carbons (Fsp3) is 0.304. The highest BCUT2D eigenvalue weighted by molar-refractivity contribution is 6.22. The van der Waals surface area contributed by atoms with E-state index in [1.165, 1.54) is 11.3 Å². The Kier molecular flexibility index (Phi) is 2.99. The van der Waals surface area contributed by atoms with E-state index in [4.69, 9.17) is 4.74 Å². The van der Waals surface area contributed by atoms with Crippen molar-refractivity contribution < 1.29 is 14.3 Å². The summed E-state index contributed by atoms with van der Waals surface area (Å²) < 4.78 is 5.81. The number of anilines is 1. The summed E-state index contributed by atoms with van der Waals surface area (Å²) in [5.74, 6) is 2.85. The molecule has 2 aromatic carbocycles. The van der Waals surface area contributed by atoms with E-state index in [-0.39, 0.29) is 35.5 Å². The Labute approximate surface area is 157 Å². The van der Waals surface area contributed by atoms with E-state index in [0.29, 0.717) is 23.3 Å². The molecule has 27 heavy (non-hydrogen) atoms. The number of hydrogen-bond acceptors (Lipinski definition) is 3. The summed E-state index contributed by atoms with van der Waals surface area (Å²) in [4.78, 5) is 27.7. The van der Waals surface area contributed by atoms with Crippen molar-refractivity contribution in [2.75, 3.05) is 4.90 Å². The second-order valence-corrected chi connectivity index (χ2v) is 8.08. The summed E-state index contributed by atoms with van der Waals surface area (Å²) in [6.07, 6.45) is 5.58. The van der Waals surface area contributed by atoms with Gasteiger partial charge in [0.05, 0.1) is 17.5 Å². The van der Waals surface area contributed by atoms with Gasteiger partial charge in [-0.15, -0.1) is 0 Å². The van der Waals surface area contributed by atoms with Crippen LogP contribution in [0, 0.1) is 35.5 Å². The van der Waals surface area contributed by atoms with Crippen LogP contribution in [-0.4, -0.2) is 11.8 Å². The number of benzene rings is 2. The van der Waals surface area contributed by atoms with Gasteiger partial charge in [0, 0.05) is 0 Å². The predicted octanol–water partition coefficient (Wildman–Crippen LogP) is 4.04. The molecule has 1 heterocycles. The van der Waals surface area contributed by atoms with Gasteiger partial charge in [-0.25, -0.2) is 0 Å². The number of imide groups is 1. The van der Waals surface area contributed by atoms with Crippen LogP contribution in [0.1, 0.15) is 6.42 Å². The van der Waals surface area contributed by atoms with Crippen LogP contribution in [0.25, 0.3) is 0 Å². The number of amides is 2. The number of hydrogen-bond donors (Lipinski definition) is 0. The van der Waals surface area contributed by atoms with E-state index in [1.807, 2.05) is 54.6 Å². The van der Waals surface area contributed by atoms with E-state index < -0.39 is 0 Å². The average Bonchev–Trinajstić information content (AvgIpc) is 3.48. The Bertz CT molecular complexity index is 929. The maximum atomic E-state index is 13.1. The van der Waals surface area contributed by atoms with Gasteiger partial charge in [-0.05, 0) is 66.5 Å². The van der Waals surface area contributed by atoms with Gasteiger partial charge in [-0.1, -0.05) is 30.4 Å². The quantitative estimate of drug-likeness (QED) is 0.615. The van der Waals surface area contributed by atoms with E-state index in [1.54, 1.807) is 0 Å². The predicted molar refractivity (Wildman–Crippen MR) is 100 cm³/mol. The molecule has 4 nitrogen and oxygen atoms in total. The van der Waals surface area contributed by atoms with Gasteiger partial charge in [-0.2, -0.15) is 0 Å². The largest absolute Gasteiger partial charge is 0.457 e. The first-order chi connectivity index (χ1) is 13.2. The molecule has 0 N–H and O–H groups in total. The number of allylic oxidation sites excluding steroid dienone is 2. The van der Waals surface area contributed by atoms with E-state index in [2.05, 4.69) is 12.2 Å². The summed E-state index contributed by atoms with van der Waals surface area (Å²) in [6, 6.07) is 16.8. The molecule has 1 aliphatic heterocycles. The third-order valence-electron chi connectivity index (χ3n) is 6.74. The molecule has 0 unspecified atom stereocenters. The first-order valence-electron chi connectivity index (χ1n) is 9.61. The lowest BCUT2D eigenvalue weighted by atomic mass is 9.63. The average molecular weight is 357 g/mol. The Balaban J connectivity index is 1.28. The second-order valence-electron chi connectivity index (χ2n) is 8.08. The van der Waals surface area contributed by atoms with Crippen LogP contribution >= 0.6 is 0 Å². The van der Waals surface area contributed by atoms with Gasteiger partial charge >= 0.3 is 0 Å². The molecule has 2 bridgehead atoms. The van der Waals surface area contributed by atoms with Crippen LogP contribution in [0.2, 0.25) is 0 Å². The highest BCUT2D eigenvalue weighted by Gasteiger charge is 2.67. The number of carbonyl (C=O) groups excluding carboxylic acids is 2. The Morgan fingerprint density at radius 3 is 1.89 bits per heavy atom. The first kappa shape index (κ1) is 15.2. The number of carbonyl (C=O) groups is 2. The molecule has 0 aromatic heterocycles. The zero-order valence-corrected chi connectivity index (χ0v) is 14.7. The maximum absolute atomic E-state index is 13.1. The zero-order valence-electron chi connectivity index (χ0n) is 14.7. The molecule has 2 amide bonds.